The molecule has 0 N–H and O–H groups in total. The van der Waals surface area contributed by atoms with Gasteiger partial charge in [-0.2, -0.15) is 0 Å². The summed E-state index contributed by atoms with van der Waals surface area (Å²) in [6, 6.07) is 9.32. The Morgan fingerprint density at radius 3 is 2.44 bits per heavy atom. The molecule has 0 saturated heterocycles. The molecule has 2 aromatic carbocycles. The van der Waals surface area contributed by atoms with Crippen LogP contribution in [0.3, 0.4) is 0 Å². The van der Waals surface area contributed by atoms with E-state index in [9.17, 15) is 9.59 Å². The minimum Gasteiger partial charge on any atom is -0.494 e. The van der Waals surface area contributed by atoms with E-state index in [-0.39, 0.29) is 11.8 Å². The van der Waals surface area contributed by atoms with Crippen molar-refractivity contribution >= 4 is 22.6 Å². The Bertz CT molecular complexity index is 843. The highest BCUT2D eigenvalue weighted by atomic mass is 16.5. The monoisotopic (exact) mass is 368 g/mol. The van der Waals surface area contributed by atoms with Crippen LogP contribution in [0.1, 0.15) is 54.3 Å². The van der Waals surface area contributed by atoms with Crippen molar-refractivity contribution in [2.24, 2.45) is 0 Å². The van der Waals surface area contributed by atoms with Crippen molar-refractivity contribution in [1.82, 2.24) is 9.80 Å². The molecule has 0 aliphatic carbocycles. The summed E-state index contributed by atoms with van der Waals surface area (Å²) in [6.07, 6.45) is 2.02. The Morgan fingerprint density at radius 1 is 1.00 bits per heavy atom. The van der Waals surface area contributed by atoms with Crippen LogP contribution in [0.15, 0.2) is 30.3 Å². The van der Waals surface area contributed by atoms with Gasteiger partial charge >= 0.3 is 0 Å². The number of amides is 2. The Morgan fingerprint density at radius 2 is 1.74 bits per heavy atom. The largest absolute Gasteiger partial charge is 0.494 e. The summed E-state index contributed by atoms with van der Waals surface area (Å²) in [4.78, 5) is 29.7. The van der Waals surface area contributed by atoms with Crippen LogP contribution in [-0.2, 0) is 0 Å². The SMILES string of the molecule is CCCCOc1cc2c3c(cccc3c1)C(=O)N(CCN(CC)CC)C2=O. The third-order valence-corrected chi connectivity index (χ3v) is 5.20. The van der Waals surface area contributed by atoms with Gasteiger partial charge in [-0.1, -0.05) is 39.3 Å². The maximum absolute atomic E-state index is 13.1. The molecule has 144 valence electrons. The molecular weight excluding hydrogens is 340 g/mol. The van der Waals surface area contributed by atoms with Crippen molar-refractivity contribution in [1.29, 1.82) is 0 Å². The van der Waals surface area contributed by atoms with Crippen molar-refractivity contribution in [2.75, 3.05) is 32.8 Å². The van der Waals surface area contributed by atoms with Gasteiger partial charge in [-0.25, -0.2) is 0 Å². The molecule has 1 heterocycles. The standard InChI is InChI=1S/C22H28N2O3/c1-4-7-13-27-17-14-16-9-8-10-18-20(16)19(15-17)22(26)24(21(18)25)12-11-23(5-2)6-3/h8-10,14-15H,4-7,11-13H2,1-3H3. The predicted molar refractivity (Wildman–Crippen MR) is 108 cm³/mol. The fraction of sp³-hybridized carbons (Fsp3) is 0.455. The lowest BCUT2D eigenvalue weighted by molar-refractivity contribution is 0.0594. The van der Waals surface area contributed by atoms with Crippen LogP contribution in [0.5, 0.6) is 5.75 Å². The quantitative estimate of drug-likeness (QED) is 0.497. The van der Waals surface area contributed by atoms with Gasteiger partial charge in [0.2, 0.25) is 0 Å². The van der Waals surface area contributed by atoms with Crippen molar-refractivity contribution in [3.63, 3.8) is 0 Å². The molecule has 0 bridgehead atoms. The van der Waals surface area contributed by atoms with Crippen LogP contribution in [0, 0.1) is 0 Å². The molecule has 0 saturated carbocycles. The van der Waals surface area contributed by atoms with E-state index in [4.69, 9.17) is 4.74 Å². The molecule has 0 aromatic heterocycles. The maximum atomic E-state index is 13.1. The lowest BCUT2D eigenvalue weighted by atomic mass is 9.93. The summed E-state index contributed by atoms with van der Waals surface area (Å²) in [7, 11) is 0. The summed E-state index contributed by atoms with van der Waals surface area (Å²) in [5, 5.41) is 1.62. The van der Waals surface area contributed by atoms with Crippen LogP contribution >= 0.6 is 0 Å². The van der Waals surface area contributed by atoms with Crippen LogP contribution in [0.25, 0.3) is 10.8 Å². The fourth-order valence-corrected chi connectivity index (χ4v) is 3.53. The number of nitrogens with zero attached hydrogens (tertiary/aromatic N) is 2. The first-order valence-electron chi connectivity index (χ1n) is 9.88. The highest BCUT2D eigenvalue weighted by Gasteiger charge is 2.33. The van der Waals surface area contributed by atoms with Gasteiger partial charge in [0.15, 0.2) is 0 Å². The second-order valence-corrected chi connectivity index (χ2v) is 6.87. The van der Waals surface area contributed by atoms with Gasteiger partial charge in [-0.3, -0.25) is 14.5 Å². The maximum Gasteiger partial charge on any atom is 0.261 e. The highest BCUT2D eigenvalue weighted by Crippen LogP contribution is 2.33. The first-order chi connectivity index (χ1) is 13.1. The number of carbonyl (C=O) groups excluding carboxylic acids is 2. The van der Waals surface area contributed by atoms with E-state index in [1.165, 1.54) is 4.90 Å². The van der Waals surface area contributed by atoms with Crippen LogP contribution in [0.4, 0.5) is 0 Å². The molecule has 2 amide bonds. The smallest absolute Gasteiger partial charge is 0.261 e. The molecule has 2 aromatic rings. The molecule has 1 aliphatic rings. The van der Waals surface area contributed by atoms with Gasteiger partial charge in [-0.05, 0) is 43.1 Å². The molecule has 0 radical (unpaired) electrons. The average Bonchev–Trinajstić information content (AvgIpc) is 2.69. The third kappa shape index (κ3) is 3.83. The lowest BCUT2D eigenvalue weighted by Gasteiger charge is -2.29. The van der Waals surface area contributed by atoms with E-state index in [2.05, 4.69) is 25.7 Å². The van der Waals surface area contributed by atoms with Crippen molar-refractivity contribution in [2.45, 2.75) is 33.6 Å². The third-order valence-electron chi connectivity index (χ3n) is 5.20. The Balaban J connectivity index is 1.95. The second kappa shape index (κ2) is 8.53. The minimum atomic E-state index is -0.225. The molecule has 5 heteroatoms. The first-order valence-corrected chi connectivity index (χ1v) is 9.88. The molecule has 3 rings (SSSR count). The zero-order chi connectivity index (χ0) is 19.4. The number of carbonyl (C=O) groups is 2. The number of rotatable bonds is 9. The number of benzene rings is 2. The Hall–Kier alpha value is -2.40. The van der Waals surface area contributed by atoms with E-state index < -0.39 is 0 Å². The van der Waals surface area contributed by atoms with E-state index in [1.54, 1.807) is 6.07 Å². The summed E-state index contributed by atoms with van der Waals surface area (Å²) < 4.78 is 5.84. The van der Waals surface area contributed by atoms with Crippen molar-refractivity contribution in [3.8, 4) is 5.75 Å². The number of hydrogen-bond acceptors (Lipinski definition) is 4. The summed E-state index contributed by atoms with van der Waals surface area (Å²) >= 11 is 0. The summed E-state index contributed by atoms with van der Waals surface area (Å²) in [6.45, 7) is 9.78. The van der Waals surface area contributed by atoms with Gasteiger partial charge in [0.25, 0.3) is 11.8 Å². The topological polar surface area (TPSA) is 49.9 Å². The molecule has 0 spiro atoms. The van der Waals surface area contributed by atoms with Crippen LogP contribution in [-0.4, -0.2) is 54.4 Å². The number of unbranched alkanes of at least 4 members (excludes halogenated alkanes) is 1. The molecule has 0 unspecified atom stereocenters. The fourth-order valence-electron chi connectivity index (χ4n) is 3.53. The molecule has 5 nitrogen and oxygen atoms in total. The number of likely N-dealkylation sites (N-methyl/N-ethyl adjacent to an activating group) is 1. The summed E-state index contributed by atoms with van der Waals surface area (Å²) in [5.74, 6) is 0.260. The van der Waals surface area contributed by atoms with Gasteiger partial charge in [0.05, 0.1) is 12.2 Å². The molecule has 0 atom stereocenters. The number of imide groups is 1. The van der Waals surface area contributed by atoms with Crippen molar-refractivity contribution in [3.05, 3.63) is 41.5 Å². The lowest BCUT2D eigenvalue weighted by Crippen LogP contribution is -2.44. The van der Waals surface area contributed by atoms with Crippen LogP contribution in [0.2, 0.25) is 0 Å². The Kier molecular flexibility index (Phi) is 6.11. The first kappa shape index (κ1) is 19.4. The zero-order valence-electron chi connectivity index (χ0n) is 16.5. The normalized spacial score (nSPS) is 13.7. The molecule has 0 fully saturated rings. The minimum absolute atomic E-state index is 0.204. The molecule has 1 aliphatic heterocycles. The number of ether oxygens (including phenoxy) is 1. The predicted octanol–water partition coefficient (Wildman–Crippen LogP) is 3.96. The zero-order valence-corrected chi connectivity index (χ0v) is 16.5. The second-order valence-electron chi connectivity index (χ2n) is 6.87. The average molecular weight is 368 g/mol. The molecular formula is C22H28N2O3. The van der Waals surface area contributed by atoms with Crippen LogP contribution < -0.4 is 4.74 Å². The van der Waals surface area contributed by atoms with E-state index >= 15 is 0 Å². The number of hydrogen-bond donors (Lipinski definition) is 0. The Labute approximate surface area is 160 Å². The van der Waals surface area contributed by atoms with Gasteiger partial charge in [-0.15, -0.1) is 0 Å². The van der Waals surface area contributed by atoms with E-state index in [0.29, 0.717) is 36.6 Å². The van der Waals surface area contributed by atoms with E-state index in [1.807, 2.05) is 24.3 Å². The van der Waals surface area contributed by atoms with Crippen molar-refractivity contribution < 1.29 is 14.3 Å². The van der Waals surface area contributed by atoms with Gasteiger partial charge in [0.1, 0.15) is 5.75 Å². The molecule has 27 heavy (non-hydrogen) atoms. The highest BCUT2D eigenvalue weighted by molar-refractivity contribution is 6.25. The van der Waals surface area contributed by atoms with Gasteiger partial charge < -0.3 is 9.64 Å². The van der Waals surface area contributed by atoms with E-state index in [0.717, 1.165) is 36.7 Å². The van der Waals surface area contributed by atoms with Gasteiger partial charge in [0, 0.05) is 24.0 Å². The summed E-state index contributed by atoms with van der Waals surface area (Å²) in [5.41, 5.74) is 1.16.